The van der Waals surface area contributed by atoms with Crippen LogP contribution >= 0.6 is 0 Å². The quantitative estimate of drug-likeness (QED) is 0.833. The van der Waals surface area contributed by atoms with Crippen LogP contribution in [0.3, 0.4) is 0 Å². The molecule has 1 aromatic rings. The second kappa shape index (κ2) is 5.21. The molecule has 0 aromatic heterocycles. The van der Waals surface area contributed by atoms with Crippen LogP contribution in [0, 0.1) is 0 Å². The van der Waals surface area contributed by atoms with E-state index in [4.69, 9.17) is 15.2 Å². The molecule has 0 unspecified atom stereocenters. The molecule has 0 radical (unpaired) electrons. The Labute approximate surface area is 97.6 Å². The summed E-state index contributed by atoms with van der Waals surface area (Å²) in [5.74, 6) is 1.72. The van der Waals surface area contributed by atoms with Crippen LogP contribution in [0.4, 0.5) is 0 Å². The van der Waals surface area contributed by atoms with Crippen molar-refractivity contribution in [1.82, 2.24) is 0 Å². The molecule has 0 saturated heterocycles. The molecule has 3 nitrogen and oxygen atoms in total. The number of nitrogens with two attached hydrogens (primary N) is 1. The first-order valence-corrected chi connectivity index (χ1v) is 5.48. The predicted octanol–water partition coefficient (Wildman–Crippen LogP) is 2.33. The van der Waals surface area contributed by atoms with E-state index in [0.29, 0.717) is 6.54 Å². The zero-order chi connectivity index (χ0) is 12.2. The Bertz CT molecular complexity index is 326. The lowest BCUT2D eigenvalue weighted by Crippen LogP contribution is -2.23. The fourth-order valence-corrected chi connectivity index (χ4v) is 2.00. The van der Waals surface area contributed by atoms with E-state index in [1.807, 2.05) is 18.2 Å². The maximum absolute atomic E-state index is 5.65. The number of hydrogen-bond donors (Lipinski definition) is 1. The number of rotatable bonds is 5. The van der Waals surface area contributed by atoms with Crippen molar-refractivity contribution in [2.75, 3.05) is 20.8 Å². The molecular weight excluding hydrogens is 202 g/mol. The van der Waals surface area contributed by atoms with Gasteiger partial charge in [-0.15, -0.1) is 0 Å². The van der Waals surface area contributed by atoms with Gasteiger partial charge in [0.05, 0.1) is 14.2 Å². The minimum absolute atomic E-state index is 0.0489. The van der Waals surface area contributed by atoms with Crippen molar-refractivity contribution in [3.63, 3.8) is 0 Å². The average molecular weight is 223 g/mol. The standard InChI is InChI=1S/C13H21NO2/c1-13(2,8-9-14)12-10(15-3)6-5-7-11(12)16-4/h5-7H,8-9,14H2,1-4H3. The van der Waals surface area contributed by atoms with Gasteiger partial charge in [0.15, 0.2) is 0 Å². The van der Waals surface area contributed by atoms with Gasteiger partial charge in [-0.25, -0.2) is 0 Å². The monoisotopic (exact) mass is 223 g/mol. The van der Waals surface area contributed by atoms with Gasteiger partial charge in [-0.05, 0) is 30.5 Å². The maximum Gasteiger partial charge on any atom is 0.126 e. The molecule has 90 valence electrons. The third-order valence-electron chi connectivity index (χ3n) is 2.87. The Balaban J connectivity index is 3.27. The lowest BCUT2D eigenvalue weighted by Gasteiger charge is -2.28. The SMILES string of the molecule is COc1cccc(OC)c1C(C)(C)CCN. The molecule has 16 heavy (non-hydrogen) atoms. The van der Waals surface area contributed by atoms with Gasteiger partial charge in [0.25, 0.3) is 0 Å². The van der Waals surface area contributed by atoms with Crippen LogP contribution in [0.2, 0.25) is 0 Å². The smallest absolute Gasteiger partial charge is 0.126 e. The Morgan fingerprint density at radius 2 is 1.62 bits per heavy atom. The molecule has 0 atom stereocenters. The summed E-state index contributed by atoms with van der Waals surface area (Å²) in [6, 6.07) is 5.84. The van der Waals surface area contributed by atoms with Crippen molar-refractivity contribution in [1.29, 1.82) is 0 Å². The summed E-state index contributed by atoms with van der Waals surface area (Å²) >= 11 is 0. The highest BCUT2D eigenvalue weighted by Gasteiger charge is 2.27. The van der Waals surface area contributed by atoms with Crippen LogP contribution in [-0.2, 0) is 5.41 Å². The zero-order valence-corrected chi connectivity index (χ0v) is 10.5. The highest BCUT2D eigenvalue weighted by Crippen LogP contribution is 2.40. The number of methoxy groups -OCH3 is 2. The molecule has 0 spiro atoms. The molecular formula is C13H21NO2. The first-order chi connectivity index (χ1) is 7.56. The third-order valence-corrected chi connectivity index (χ3v) is 2.87. The Morgan fingerprint density at radius 3 is 2.00 bits per heavy atom. The van der Waals surface area contributed by atoms with Gasteiger partial charge >= 0.3 is 0 Å². The zero-order valence-electron chi connectivity index (χ0n) is 10.5. The lowest BCUT2D eigenvalue weighted by molar-refractivity contribution is 0.356. The molecule has 0 aliphatic heterocycles. The minimum atomic E-state index is -0.0489. The van der Waals surface area contributed by atoms with Gasteiger partial charge in [0.2, 0.25) is 0 Å². The van der Waals surface area contributed by atoms with Crippen molar-refractivity contribution in [3.05, 3.63) is 23.8 Å². The highest BCUT2D eigenvalue weighted by atomic mass is 16.5. The summed E-state index contributed by atoms with van der Waals surface area (Å²) in [5.41, 5.74) is 6.69. The molecule has 0 heterocycles. The van der Waals surface area contributed by atoms with E-state index >= 15 is 0 Å². The predicted molar refractivity (Wildman–Crippen MR) is 66.2 cm³/mol. The Morgan fingerprint density at radius 1 is 1.12 bits per heavy atom. The number of hydrogen-bond acceptors (Lipinski definition) is 3. The van der Waals surface area contributed by atoms with Crippen molar-refractivity contribution in [2.24, 2.45) is 5.73 Å². The molecule has 0 aliphatic rings. The molecule has 1 aromatic carbocycles. The molecule has 1 rings (SSSR count). The van der Waals surface area contributed by atoms with E-state index in [-0.39, 0.29) is 5.41 Å². The van der Waals surface area contributed by atoms with Gasteiger partial charge in [-0.3, -0.25) is 0 Å². The topological polar surface area (TPSA) is 44.5 Å². The van der Waals surface area contributed by atoms with E-state index in [1.54, 1.807) is 14.2 Å². The van der Waals surface area contributed by atoms with E-state index in [0.717, 1.165) is 23.5 Å². The van der Waals surface area contributed by atoms with Gasteiger partial charge in [0, 0.05) is 5.56 Å². The summed E-state index contributed by atoms with van der Waals surface area (Å²) in [6.07, 6.45) is 0.893. The fourth-order valence-electron chi connectivity index (χ4n) is 2.00. The lowest BCUT2D eigenvalue weighted by atomic mass is 9.80. The largest absolute Gasteiger partial charge is 0.496 e. The van der Waals surface area contributed by atoms with Crippen LogP contribution in [-0.4, -0.2) is 20.8 Å². The Kier molecular flexibility index (Phi) is 4.19. The van der Waals surface area contributed by atoms with Gasteiger partial charge < -0.3 is 15.2 Å². The summed E-state index contributed by atoms with van der Waals surface area (Å²) in [7, 11) is 3.35. The summed E-state index contributed by atoms with van der Waals surface area (Å²) in [6.45, 7) is 4.95. The van der Waals surface area contributed by atoms with E-state index in [2.05, 4.69) is 13.8 Å². The van der Waals surface area contributed by atoms with E-state index < -0.39 is 0 Å². The van der Waals surface area contributed by atoms with Crippen LogP contribution in [0.5, 0.6) is 11.5 Å². The van der Waals surface area contributed by atoms with E-state index in [9.17, 15) is 0 Å². The van der Waals surface area contributed by atoms with Crippen molar-refractivity contribution < 1.29 is 9.47 Å². The second-order valence-electron chi connectivity index (χ2n) is 4.46. The molecule has 0 aliphatic carbocycles. The number of benzene rings is 1. The molecule has 0 amide bonds. The van der Waals surface area contributed by atoms with Crippen LogP contribution in [0.15, 0.2) is 18.2 Å². The van der Waals surface area contributed by atoms with Crippen molar-refractivity contribution >= 4 is 0 Å². The van der Waals surface area contributed by atoms with Crippen LogP contribution < -0.4 is 15.2 Å². The van der Waals surface area contributed by atoms with Gasteiger partial charge in [0.1, 0.15) is 11.5 Å². The first-order valence-electron chi connectivity index (χ1n) is 5.48. The van der Waals surface area contributed by atoms with Crippen LogP contribution in [0.25, 0.3) is 0 Å². The average Bonchev–Trinajstić information content (AvgIpc) is 2.27. The van der Waals surface area contributed by atoms with E-state index in [1.165, 1.54) is 0 Å². The molecule has 0 saturated carbocycles. The number of ether oxygens (including phenoxy) is 2. The second-order valence-corrected chi connectivity index (χ2v) is 4.46. The first kappa shape index (κ1) is 12.8. The summed E-state index contributed by atoms with van der Waals surface area (Å²) in [4.78, 5) is 0. The van der Waals surface area contributed by atoms with Gasteiger partial charge in [-0.1, -0.05) is 19.9 Å². The highest BCUT2D eigenvalue weighted by molar-refractivity contribution is 5.49. The summed E-state index contributed by atoms with van der Waals surface area (Å²) < 4.78 is 10.8. The molecule has 2 N–H and O–H groups in total. The van der Waals surface area contributed by atoms with Crippen LogP contribution in [0.1, 0.15) is 25.8 Å². The fraction of sp³-hybridized carbons (Fsp3) is 0.538. The van der Waals surface area contributed by atoms with Gasteiger partial charge in [-0.2, -0.15) is 0 Å². The molecule has 3 heteroatoms. The molecule has 0 bridgehead atoms. The minimum Gasteiger partial charge on any atom is -0.496 e. The van der Waals surface area contributed by atoms with Crippen molar-refractivity contribution in [3.8, 4) is 11.5 Å². The van der Waals surface area contributed by atoms with Crippen molar-refractivity contribution in [2.45, 2.75) is 25.7 Å². The molecule has 0 fully saturated rings. The summed E-state index contributed by atoms with van der Waals surface area (Å²) in [5, 5.41) is 0. The maximum atomic E-state index is 5.65. The normalized spacial score (nSPS) is 11.3. The third kappa shape index (κ3) is 2.47. The Hall–Kier alpha value is -1.22.